The second kappa shape index (κ2) is 4.66. The van der Waals surface area contributed by atoms with Gasteiger partial charge in [0.15, 0.2) is 5.13 Å². The average Bonchev–Trinajstić information content (AvgIpc) is 2.84. The number of hydrogen-bond donors (Lipinski definition) is 2. The number of fused-ring (bicyclic) bond motifs is 1. The number of aryl methyl sites for hydroxylation is 2. The van der Waals surface area contributed by atoms with Crippen LogP contribution < -0.4 is 11.1 Å². The van der Waals surface area contributed by atoms with E-state index in [0.29, 0.717) is 11.6 Å². The smallest absolute Gasteiger partial charge is 0.224 e. The maximum atomic E-state index is 11.5. The first-order valence-electron chi connectivity index (χ1n) is 6.34. The largest absolute Gasteiger partial charge is 0.375 e. The fourth-order valence-corrected chi connectivity index (χ4v) is 2.99. The molecule has 98 valence electrons. The molecule has 0 unspecified atom stereocenters. The van der Waals surface area contributed by atoms with E-state index in [4.69, 9.17) is 5.73 Å². The van der Waals surface area contributed by atoms with Crippen LogP contribution in [0.4, 0.5) is 10.8 Å². The Morgan fingerprint density at radius 2 is 2.26 bits per heavy atom. The fraction of sp³-hybridized carbons (Fsp3) is 0.286. The molecular formula is C14H15N3OS. The number of nitrogens with zero attached hydrogens (tertiary/aromatic N) is 1. The van der Waals surface area contributed by atoms with Crippen LogP contribution >= 0.6 is 11.3 Å². The fourth-order valence-electron chi connectivity index (χ4n) is 2.42. The van der Waals surface area contributed by atoms with Crippen molar-refractivity contribution >= 4 is 28.1 Å². The van der Waals surface area contributed by atoms with Crippen LogP contribution in [0.2, 0.25) is 0 Å². The summed E-state index contributed by atoms with van der Waals surface area (Å²) in [4.78, 5) is 15.8. The molecule has 0 bridgehead atoms. The molecular weight excluding hydrogens is 258 g/mol. The molecule has 0 saturated carbocycles. The number of thiazole rings is 1. The molecule has 1 aliphatic rings. The van der Waals surface area contributed by atoms with E-state index in [2.05, 4.69) is 29.4 Å². The molecule has 1 aliphatic heterocycles. The van der Waals surface area contributed by atoms with Crippen LogP contribution in [-0.2, 0) is 17.6 Å². The van der Waals surface area contributed by atoms with E-state index in [9.17, 15) is 4.79 Å². The van der Waals surface area contributed by atoms with Gasteiger partial charge in [0.2, 0.25) is 5.91 Å². The van der Waals surface area contributed by atoms with Crippen molar-refractivity contribution in [2.24, 2.45) is 0 Å². The summed E-state index contributed by atoms with van der Waals surface area (Å²) in [5, 5.41) is 5.53. The monoisotopic (exact) mass is 273 g/mol. The standard InChI is InChI=1S/C14H15N3OS/c1-2-8-5-10(11-7-19-14(15)16-11)6-9-3-4-12(18)17-13(8)9/h5-7H,2-4H2,1H3,(H2,15,16)(H,17,18). The normalized spacial score (nSPS) is 14.1. The molecule has 1 amide bonds. The third-order valence-corrected chi connectivity index (χ3v) is 4.06. The van der Waals surface area contributed by atoms with Gasteiger partial charge in [-0.2, -0.15) is 0 Å². The van der Waals surface area contributed by atoms with E-state index in [1.807, 2.05) is 5.38 Å². The van der Waals surface area contributed by atoms with Gasteiger partial charge in [-0.25, -0.2) is 4.98 Å². The maximum Gasteiger partial charge on any atom is 0.224 e. The lowest BCUT2D eigenvalue weighted by atomic mass is 9.94. The van der Waals surface area contributed by atoms with Crippen LogP contribution in [-0.4, -0.2) is 10.9 Å². The van der Waals surface area contributed by atoms with Gasteiger partial charge >= 0.3 is 0 Å². The van der Waals surface area contributed by atoms with Crippen molar-refractivity contribution in [2.45, 2.75) is 26.2 Å². The number of benzene rings is 1. The molecule has 0 fully saturated rings. The minimum atomic E-state index is 0.104. The summed E-state index contributed by atoms with van der Waals surface area (Å²) < 4.78 is 0. The quantitative estimate of drug-likeness (QED) is 0.884. The third kappa shape index (κ3) is 2.21. The van der Waals surface area contributed by atoms with Crippen molar-refractivity contribution in [3.05, 3.63) is 28.6 Å². The minimum Gasteiger partial charge on any atom is -0.375 e. The predicted molar refractivity (Wildman–Crippen MR) is 78.3 cm³/mol. The summed E-state index contributed by atoms with van der Waals surface area (Å²) in [5.41, 5.74) is 11.0. The molecule has 0 radical (unpaired) electrons. The summed E-state index contributed by atoms with van der Waals surface area (Å²) in [6, 6.07) is 4.21. The zero-order valence-corrected chi connectivity index (χ0v) is 11.5. The van der Waals surface area contributed by atoms with Crippen LogP contribution in [0.1, 0.15) is 24.5 Å². The lowest BCUT2D eigenvalue weighted by molar-refractivity contribution is -0.116. The molecule has 3 rings (SSSR count). The molecule has 0 spiro atoms. The molecule has 0 saturated heterocycles. The Hall–Kier alpha value is -1.88. The summed E-state index contributed by atoms with van der Waals surface area (Å²) in [6.07, 6.45) is 2.23. The summed E-state index contributed by atoms with van der Waals surface area (Å²) in [7, 11) is 0. The number of hydrogen-bond acceptors (Lipinski definition) is 4. The molecule has 0 aliphatic carbocycles. The first kappa shape index (κ1) is 12.2. The molecule has 4 nitrogen and oxygen atoms in total. The first-order chi connectivity index (χ1) is 9.17. The topological polar surface area (TPSA) is 68.0 Å². The number of nitrogens with two attached hydrogens (primary N) is 1. The van der Waals surface area contributed by atoms with Crippen LogP contribution in [0, 0.1) is 0 Å². The van der Waals surface area contributed by atoms with Crippen molar-refractivity contribution in [2.75, 3.05) is 11.1 Å². The minimum absolute atomic E-state index is 0.104. The number of anilines is 2. The maximum absolute atomic E-state index is 11.5. The van der Waals surface area contributed by atoms with Crippen molar-refractivity contribution in [1.29, 1.82) is 0 Å². The molecule has 2 heterocycles. The highest BCUT2D eigenvalue weighted by Crippen LogP contribution is 2.33. The molecule has 1 aromatic carbocycles. The van der Waals surface area contributed by atoms with Crippen LogP contribution in [0.25, 0.3) is 11.3 Å². The SMILES string of the molecule is CCc1cc(-c2csc(N)n2)cc2c1NC(=O)CC2. The highest BCUT2D eigenvalue weighted by atomic mass is 32.1. The van der Waals surface area contributed by atoms with Gasteiger partial charge in [0.05, 0.1) is 5.69 Å². The van der Waals surface area contributed by atoms with E-state index in [0.717, 1.165) is 35.3 Å². The summed E-state index contributed by atoms with van der Waals surface area (Å²) in [6.45, 7) is 2.09. The predicted octanol–water partition coefficient (Wildman–Crippen LogP) is 2.84. The summed E-state index contributed by atoms with van der Waals surface area (Å²) in [5.74, 6) is 0.104. The van der Waals surface area contributed by atoms with Crippen molar-refractivity contribution in [3.63, 3.8) is 0 Å². The van der Waals surface area contributed by atoms with E-state index >= 15 is 0 Å². The van der Waals surface area contributed by atoms with Gasteiger partial charge in [0.1, 0.15) is 0 Å². The van der Waals surface area contributed by atoms with Gasteiger partial charge in [0, 0.05) is 23.1 Å². The van der Waals surface area contributed by atoms with Crippen molar-refractivity contribution in [3.8, 4) is 11.3 Å². The van der Waals surface area contributed by atoms with Gasteiger partial charge < -0.3 is 11.1 Å². The number of rotatable bonds is 2. The number of amides is 1. The van der Waals surface area contributed by atoms with E-state index in [1.165, 1.54) is 16.9 Å². The Balaban J connectivity index is 2.11. The van der Waals surface area contributed by atoms with E-state index < -0.39 is 0 Å². The first-order valence-corrected chi connectivity index (χ1v) is 7.22. The molecule has 0 atom stereocenters. The number of carbonyl (C=O) groups excluding carboxylic acids is 1. The number of nitrogen functional groups attached to an aromatic ring is 1. The second-order valence-corrected chi connectivity index (χ2v) is 5.53. The van der Waals surface area contributed by atoms with Gasteiger partial charge in [0.25, 0.3) is 0 Å². The van der Waals surface area contributed by atoms with Gasteiger partial charge in [-0.05, 0) is 36.1 Å². The molecule has 3 N–H and O–H groups in total. The van der Waals surface area contributed by atoms with Crippen LogP contribution in [0.5, 0.6) is 0 Å². The second-order valence-electron chi connectivity index (χ2n) is 4.64. The Morgan fingerprint density at radius 3 is 2.95 bits per heavy atom. The van der Waals surface area contributed by atoms with Crippen molar-refractivity contribution in [1.82, 2.24) is 4.98 Å². The highest BCUT2D eigenvalue weighted by molar-refractivity contribution is 7.13. The Kier molecular flexibility index (Phi) is 2.98. The van der Waals surface area contributed by atoms with E-state index in [-0.39, 0.29) is 5.91 Å². The Bertz CT molecular complexity index is 631. The third-order valence-electron chi connectivity index (χ3n) is 3.39. The number of aromatic nitrogens is 1. The Morgan fingerprint density at radius 1 is 1.42 bits per heavy atom. The number of nitrogens with one attached hydrogen (secondary N) is 1. The number of carbonyl (C=O) groups is 1. The molecule has 19 heavy (non-hydrogen) atoms. The van der Waals surface area contributed by atoms with Gasteiger partial charge in [-0.3, -0.25) is 4.79 Å². The summed E-state index contributed by atoms with van der Waals surface area (Å²) >= 11 is 1.45. The molecule has 1 aromatic heterocycles. The van der Waals surface area contributed by atoms with Gasteiger partial charge in [-0.15, -0.1) is 11.3 Å². The molecule has 5 heteroatoms. The molecule has 2 aromatic rings. The highest BCUT2D eigenvalue weighted by Gasteiger charge is 2.19. The zero-order valence-electron chi connectivity index (χ0n) is 10.7. The van der Waals surface area contributed by atoms with Crippen LogP contribution in [0.3, 0.4) is 0 Å². The lowest BCUT2D eigenvalue weighted by Crippen LogP contribution is -2.20. The van der Waals surface area contributed by atoms with Crippen molar-refractivity contribution < 1.29 is 4.79 Å². The Labute approximate surface area is 115 Å². The zero-order chi connectivity index (χ0) is 13.4. The van der Waals surface area contributed by atoms with Crippen LogP contribution in [0.15, 0.2) is 17.5 Å². The lowest BCUT2D eigenvalue weighted by Gasteiger charge is -2.21. The van der Waals surface area contributed by atoms with Gasteiger partial charge in [-0.1, -0.05) is 6.92 Å². The van der Waals surface area contributed by atoms with E-state index in [1.54, 1.807) is 0 Å². The average molecular weight is 273 g/mol.